The lowest BCUT2D eigenvalue weighted by atomic mass is 10.1. The molecule has 0 radical (unpaired) electrons. The van der Waals surface area contributed by atoms with Crippen molar-refractivity contribution in [1.29, 1.82) is 0 Å². The van der Waals surface area contributed by atoms with E-state index in [2.05, 4.69) is 22.9 Å². The van der Waals surface area contributed by atoms with E-state index >= 15 is 0 Å². The molecule has 25 heavy (non-hydrogen) atoms. The summed E-state index contributed by atoms with van der Waals surface area (Å²) >= 11 is 0. The molecule has 0 bridgehead atoms. The topological polar surface area (TPSA) is 93.5 Å². The van der Waals surface area contributed by atoms with Crippen LogP contribution in [-0.4, -0.2) is 23.6 Å². The minimum absolute atomic E-state index is 0.00655. The van der Waals surface area contributed by atoms with Crippen LogP contribution in [0.2, 0.25) is 0 Å². The largest absolute Gasteiger partial charge is 0.484 e. The molecular formula is C18H23N3O4. The fourth-order valence-electron chi connectivity index (χ4n) is 2.25. The molecule has 7 heteroatoms. The summed E-state index contributed by atoms with van der Waals surface area (Å²) in [7, 11) is 0. The number of rotatable bonds is 6. The molecule has 0 aliphatic rings. The number of aryl methyl sites for hydroxylation is 2. The highest BCUT2D eigenvalue weighted by atomic mass is 16.5. The van der Waals surface area contributed by atoms with Gasteiger partial charge in [-0.25, -0.2) is 0 Å². The second-order valence-corrected chi connectivity index (χ2v) is 5.95. The Balaban J connectivity index is 1.85. The maximum absolute atomic E-state index is 12.2. The molecule has 1 aromatic carbocycles. The number of aromatic nitrogens is 1. The van der Waals surface area contributed by atoms with E-state index in [0.717, 1.165) is 6.42 Å². The van der Waals surface area contributed by atoms with Gasteiger partial charge in [-0.2, -0.15) is 0 Å². The summed E-state index contributed by atoms with van der Waals surface area (Å²) in [6, 6.07) is 7.49. The zero-order valence-corrected chi connectivity index (χ0v) is 14.9. The van der Waals surface area contributed by atoms with Gasteiger partial charge in [0.05, 0.1) is 5.69 Å². The van der Waals surface area contributed by atoms with Crippen LogP contribution in [0.5, 0.6) is 5.75 Å². The van der Waals surface area contributed by atoms with Crippen LogP contribution in [0.3, 0.4) is 0 Å². The Morgan fingerprint density at radius 3 is 2.48 bits per heavy atom. The molecule has 0 aliphatic carbocycles. The van der Waals surface area contributed by atoms with E-state index in [1.807, 2.05) is 26.0 Å². The van der Waals surface area contributed by atoms with Crippen LogP contribution < -0.4 is 15.6 Å². The molecule has 0 saturated carbocycles. The number of nitrogens with zero attached hydrogens (tertiary/aromatic N) is 1. The first-order valence-corrected chi connectivity index (χ1v) is 8.19. The molecule has 0 fully saturated rings. The number of hydrazine groups is 1. The molecular weight excluding hydrogens is 322 g/mol. The summed E-state index contributed by atoms with van der Waals surface area (Å²) in [5.74, 6) is 0.149. The predicted octanol–water partition coefficient (Wildman–Crippen LogP) is 2.51. The highest BCUT2D eigenvalue weighted by Crippen LogP contribution is 2.21. The summed E-state index contributed by atoms with van der Waals surface area (Å²) < 4.78 is 10.5. The fraction of sp³-hybridized carbons (Fsp3) is 0.389. The van der Waals surface area contributed by atoms with E-state index in [1.54, 1.807) is 19.1 Å². The van der Waals surface area contributed by atoms with E-state index in [9.17, 15) is 9.59 Å². The van der Waals surface area contributed by atoms with Gasteiger partial charge < -0.3 is 9.26 Å². The van der Waals surface area contributed by atoms with Gasteiger partial charge in [-0.3, -0.25) is 20.4 Å². The number of nitrogens with one attached hydrogen (secondary N) is 2. The number of carbonyl (C=O) groups excluding carboxylic acids is 2. The Morgan fingerprint density at radius 2 is 1.88 bits per heavy atom. The molecule has 0 spiro atoms. The van der Waals surface area contributed by atoms with Crippen molar-refractivity contribution in [2.45, 2.75) is 40.0 Å². The summed E-state index contributed by atoms with van der Waals surface area (Å²) in [6.07, 6.45) is 0.938. The molecule has 0 atom stereocenters. The monoisotopic (exact) mass is 345 g/mol. The van der Waals surface area contributed by atoms with Crippen LogP contribution in [-0.2, 0) is 11.2 Å². The Labute approximate surface area is 146 Å². The first kappa shape index (κ1) is 18.5. The van der Waals surface area contributed by atoms with Gasteiger partial charge in [0.2, 0.25) is 0 Å². The second-order valence-electron chi connectivity index (χ2n) is 5.95. The third-order valence-corrected chi connectivity index (χ3v) is 3.66. The van der Waals surface area contributed by atoms with E-state index < -0.39 is 11.8 Å². The first-order chi connectivity index (χ1) is 11.9. The smallest absolute Gasteiger partial charge is 0.276 e. The average molecular weight is 345 g/mol. The first-order valence-electron chi connectivity index (χ1n) is 8.19. The van der Waals surface area contributed by atoms with Crippen molar-refractivity contribution in [2.24, 2.45) is 0 Å². The summed E-state index contributed by atoms with van der Waals surface area (Å²) in [5, 5.41) is 3.80. The molecule has 1 heterocycles. The number of amides is 2. The van der Waals surface area contributed by atoms with Crippen molar-refractivity contribution in [3.8, 4) is 5.75 Å². The molecule has 2 rings (SSSR count). The van der Waals surface area contributed by atoms with Crippen molar-refractivity contribution >= 4 is 11.8 Å². The quantitative estimate of drug-likeness (QED) is 0.785. The summed E-state index contributed by atoms with van der Waals surface area (Å²) in [4.78, 5) is 24.1. The molecule has 2 amide bonds. The molecule has 1 aromatic heterocycles. The Morgan fingerprint density at radius 1 is 1.20 bits per heavy atom. The van der Waals surface area contributed by atoms with Gasteiger partial charge in [0.25, 0.3) is 11.8 Å². The summed E-state index contributed by atoms with van der Waals surface area (Å²) in [5.41, 5.74) is 6.68. The highest BCUT2D eigenvalue weighted by molar-refractivity contribution is 5.97. The normalized spacial score (nSPS) is 10.6. The van der Waals surface area contributed by atoms with E-state index in [4.69, 9.17) is 9.26 Å². The van der Waals surface area contributed by atoms with Gasteiger partial charge in [0.15, 0.2) is 12.4 Å². The lowest BCUT2D eigenvalue weighted by molar-refractivity contribution is -0.123. The Hall–Kier alpha value is -2.83. The van der Waals surface area contributed by atoms with E-state index in [1.165, 1.54) is 5.56 Å². The standard InChI is InChI=1S/C18H23N3O4/c1-5-13-6-8-14(9-7-13)24-10-15(22)19-20-18(23)16-12(4)21-25-17(16)11(2)3/h6-9,11H,5,10H2,1-4H3,(H,19,22)(H,20,23). The Kier molecular flexibility index (Phi) is 6.16. The zero-order valence-electron chi connectivity index (χ0n) is 14.9. The van der Waals surface area contributed by atoms with E-state index in [0.29, 0.717) is 22.8 Å². The predicted molar refractivity (Wildman–Crippen MR) is 92.3 cm³/mol. The van der Waals surface area contributed by atoms with Gasteiger partial charge in [0, 0.05) is 5.92 Å². The number of hydrogen-bond donors (Lipinski definition) is 2. The number of benzene rings is 1. The lowest BCUT2D eigenvalue weighted by Crippen LogP contribution is -2.44. The average Bonchev–Trinajstić information content (AvgIpc) is 3.00. The van der Waals surface area contributed by atoms with Crippen molar-refractivity contribution < 1.29 is 18.8 Å². The number of carbonyl (C=O) groups is 2. The highest BCUT2D eigenvalue weighted by Gasteiger charge is 2.22. The van der Waals surface area contributed by atoms with Gasteiger partial charge >= 0.3 is 0 Å². The van der Waals surface area contributed by atoms with Crippen LogP contribution in [0.15, 0.2) is 28.8 Å². The van der Waals surface area contributed by atoms with Crippen LogP contribution in [0.25, 0.3) is 0 Å². The maximum Gasteiger partial charge on any atom is 0.276 e. The van der Waals surface area contributed by atoms with Gasteiger partial charge in [-0.1, -0.05) is 38.1 Å². The maximum atomic E-state index is 12.2. The lowest BCUT2D eigenvalue weighted by Gasteiger charge is -2.10. The van der Waals surface area contributed by atoms with Gasteiger partial charge in [0.1, 0.15) is 11.3 Å². The molecule has 0 aliphatic heterocycles. The van der Waals surface area contributed by atoms with Gasteiger partial charge in [-0.05, 0) is 31.0 Å². The summed E-state index contributed by atoms with van der Waals surface area (Å²) in [6.45, 7) is 7.33. The number of ether oxygens (including phenoxy) is 1. The van der Waals surface area contributed by atoms with Crippen molar-refractivity contribution in [2.75, 3.05) is 6.61 Å². The minimum Gasteiger partial charge on any atom is -0.484 e. The number of hydrogen-bond acceptors (Lipinski definition) is 5. The third-order valence-electron chi connectivity index (χ3n) is 3.66. The second kappa shape index (κ2) is 8.32. The minimum atomic E-state index is -0.469. The Bertz CT molecular complexity index is 735. The third kappa shape index (κ3) is 4.82. The van der Waals surface area contributed by atoms with E-state index in [-0.39, 0.29) is 12.5 Å². The molecule has 7 nitrogen and oxygen atoms in total. The van der Waals surface area contributed by atoms with Gasteiger partial charge in [-0.15, -0.1) is 0 Å². The fourth-order valence-corrected chi connectivity index (χ4v) is 2.25. The molecule has 0 unspecified atom stereocenters. The van der Waals surface area contributed by atoms with Crippen LogP contribution in [0.4, 0.5) is 0 Å². The molecule has 134 valence electrons. The molecule has 0 saturated heterocycles. The SMILES string of the molecule is CCc1ccc(OCC(=O)NNC(=O)c2c(C)noc2C(C)C)cc1. The van der Waals surface area contributed by atoms with Crippen molar-refractivity contribution in [1.82, 2.24) is 16.0 Å². The zero-order chi connectivity index (χ0) is 18.4. The molecule has 2 aromatic rings. The van der Waals surface area contributed by atoms with Crippen LogP contribution in [0.1, 0.15) is 54.1 Å². The van der Waals surface area contributed by atoms with Crippen molar-refractivity contribution in [3.63, 3.8) is 0 Å². The van der Waals surface area contributed by atoms with Crippen LogP contribution >= 0.6 is 0 Å². The van der Waals surface area contributed by atoms with Crippen molar-refractivity contribution in [3.05, 3.63) is 46.8 Å². The molecule has 2 N–H and O–H groups in total. The van der Waals surface area contributed by atoms with Crippen LogP contribution in [0, 0.1) is 6.92 Å².